The summed E-state index contributed by atoms with van der Waals surface area (Å²) in [4.78, 5) is 0. The van der Waals surface area contributed by atoms with Crippen LogP contribution >= 0.6 is 23.2 Å². The van der Waals surface area contributed by atoms with E-state index in [2.05, 4.69) is 5.32 Å². The van der Waals surface area contributed by atoms with Crippen LogP contribution in [0.15, 0.2) is 12.1 Å². The van der Waals surface area contributed by atoms with Crippen LogP contribution in [-0.4, -0.2) is 17.8 Å². The van der Waals surface area contributed by atoms with Gasteiger partial charge in [0.1, 0.15) is 0 Å². The van der Waals surface area contributed by atoms with Crippen LogP contribution in [0.2, 0.25) is 10.0 Å². The van der Waals surface area contributed by atoms with Crippen LogP contribution in [0.3, 0.4) is 0 Å². The highest BCUT2D eigenvalue weighted by atomic mass is 35.5. The van der Waals surface area contributed by atoms with E-state index in [1.54, 1.807) is 12.1 Å². The summed E-state index contributed by atoms with van der Waals surface area (Å²) in [5, 5.41) is 12.8. The van der Waals surface area contributed by atoms with Crippen molar-refractivity contribution in [2.75, 3.05) is 17.7 Å². The third-order valence-electron chi connectivity index (χ3n) is 1.73. The monoisotopic (exact) mass is 234 g/mol. The molecule has 1 aromatic rings. The zero-order valence-electron chi connectivity index (χ0n) is 7.72. The van der Waals surface area contributed by atoms with Crippen molar-refractivity contribution in [2.45, 2.75) is 13.0 Å². The average molecular weight is 235 g/mol. The quantitative estimate of drug-likeness (QED) is 0.705. The number of hydrogen-bond acceptors (Lipinski definition) is 3. The highest BCUT2D eigenvalue weighted by Gasteiger charge is 2.09. The summed E-state index contributed by atoms with van der Waals surface area (Å²) in [5.74, 6) is 0. The number of nitrogens with two attached hydrogens (primary N) is 1. The first kappa shape index (κ1) is 11.4. The van der Waals surface area contributed by atoms with Gasteiger partial charge < -0.3 is 16.2 Å². The summed E-state index contributed by atoms with van der Waals surface area (Å²) < 4.78 is 0. The molecule has 0 saturated heterocycles. The van der Waals surface area contributed by atoms with Crippen LogP contribution in [0.25, 0.3) is 0 Å². The SMILES string of the molecule is CC(CO)Nc1c(Cl)cc(N)cc1Cl. The van der Waals surface area contributed by atoms with E-state index in [1.165, 1.54) is 0 Å². The zero-order valence-corrected chi connectivity index (χ0v) is 9.23. The van der Waals surface area contributed by atoms with Gasteiger partial charge in [-0.3, -0.25) is 0 Å². The topological polar surface area (TPSA) is 58.3 Å². The Labute approximate surface area is 92.8 Å². The molecule has 1 unspecified atom stereocenters. The van der Waals surface area contributed by atoms with Gasteiger partial charge in [0.2, 0.25) is 0 Å². The van der Waals surface area contributed by atoms with E-state index in [-0.39, 0.29) is 12.6 Å². The molecule has 78 valence electrons. The number of rotatable bonds is 3. The van der Waals surface area contributed by atoms with E-state index in [9.17, 15) is 0 Å². The van der Waals surface area contributed by atoms with Crippen LogP contribution in [-0.2, 0) is 0 Å². The fraction of sp³-hybridized carbons (Fsp3) is 0.333. The standard InChI is InChI=1S/C9H12Cl2N2O/c1-5(4-14)13-9-7(10)2-6(12)3-8(9)11/h2-3,5,13-14H,4,12H2,1H3. The lowest BCUT2D eigenvalue weighted by molar-refractivity contribution is 0.281. The van der Waals surface area contributed by atoms with Gasteiger partial charge in [0.05, 0.1) is 22.3 Å². The van der Waals surface area contributed by atoms with Crippen LogP contribution in [0.5, 0.6) is 0 Å². The molecule has 0 aliphatic rings. The third kappa shape index (κ3) is 2.67. The van der Waals surface area contributed by atoms with E-state index in [0.29, 0.717) is 21.4 Å². The molecule has 0 aromatic heterocycles. The Balaban J connectivity index is 2.96. The number of aliphatic hydroxyl groups is 1. The van der Waals surface area contributed by atoms with Gasteiger partial charge in [-0.05, 0) is 19.1 Å². The predicted molar refractivity (Wildman–Crippen MR) is 61.0 cm³/mol. The molecule has 0 radical (unpaired) electrons. The Morgan fingerprint density at radius 1 is 1.43 bits per heavy atom. The Hall–Kier alpha value is -0.640. The lowest BCUT2D eigenvalue weighted by Gasteiger charge is -2.15. The molecule has 5 heteroatoms. The summed E-state index contributed by atoms with van der Waals surface area (Å²) in [5.41, 5.74) is 6.66. The van der Waals surface area contributed by atoms with E-state index in [0.717, 1.165) is 0 Å². The molecule has 0 aliphatic carbocycles. The largest absolute Gasteiger partial charge is 0.399 e. The summed E-state index contributed by atoms with van der Waals surface area (Å²) in [6, 6.07) is 3.12. The minimum atomic E-state index is -0.103. The molecule has 0 fully saturated rings. The van der Waals surface area contributed by atoms with E-state index in [1.807, 2.05) is 6.92 Å². The van der Waals surface area contributed by atoms with Gasteiger partial charge in [-0.25, -0.2) is 0 Å². The molecular weight excluding hydrogens is 223 g/mol. The number of anilines is 2. The molecule has 0 amide bonds. The Bertz CT molecular complexity index is 308. The fourth-order valence-electron chi connectivity index (χ4n) is 1.02. The lowest BCUT2D eigenvalue weighted by Crippen LogP contribution is -2.19. The minimum absolute atomic E-state index is 0.0109. The van der Waals surface area contributed by atoms with Crippen LogP contribution in [0.1, 0.15) is 6.92 Å². The van der Waals surface area contributed by atoms with E-state index < -0.39 is 0 Å². The van der Waals surface area contributed by atoms with Gasteiger partial charge >= 0.3 is 0 Å². The lowest BCUT2D eigenvalue weighted by atomic mass is 10.2. The second-order valence-corrected chi connectivity index (χ2v) is 3.90. The van der Waals surface area contributed by atoms with Gasteiger partial charge in [-0.15, -0.1) is 0 Å². The van der Waals surface area contributed by atoms with Gasteiger partial charge in [-0.2, -0.15) is 0 Å². The van der Waals surface area contributed by atoms with Gasteiger partial charge in [0.25, 0.3) is 0 Å². The molecule has 1 atom stereocenters. The number of nitrogens with one attached hydrogen (secondary N) is 1. The highest BCUT2D eigenvalue weighted by molar-refractivity contribution is 6.39. The van der Waals surface area contributed by atoms with Gasteiger partial charge in [-0.1, -0.05) is 23.2 Å². The molecule has 1 aromatic carbocycles. The molecule has 4 N–H and O–H groups in total. The molecule has 0 heterocycles. The summed E-state index contributed by atoms with van der Waals surface area (Å²) in [6.07, 6.45) is 0. The maximum atomic E-state index is 8.86. The minimum Gasteiger partial charge on any atom is -0.399 e. The maximum Gasteiger partial charge on any atom is 0.0723 e. The molecule has 1 rings (SSSR count). The fourth-order valence-corrected chi connectivity index (χ4v) is 1.64. The molecule has 0 aliphatic heterocycles. The predicted octanol–water partition coefficient (Wildman–Crippen LogP) is 2.37. The number of nitrogen functional groups attached to an aromatic ring is 1. The van der Waals surface area contributed by atoms with E-state index >= 15 is 0 Å². The van der Waals surface area contributed by atoms with Crippen molar-refractivity contribution in [1.29, 1.82) is 0 Å². The summed E-state index contributed by atoms with van der Waals surface area (Å²) in [6.45, 7) is 1.83. The van der Waals surface area contributed by atoms with Crippen molar-refractivity contribution in [3.05, 3.63) is 22.2 Å². The first-order valence-corrected chi connectivity index (χ1v) is 4.92. The molecule has 3 nitrogen and oxygen atoms in total. The van der Waals surface area contributed by atoms with Crippen LogP contribution in [0.4, 0.5) is 11.4 Å². The number of aliphatic hydroxyl groups excluding tert-OH is 1. The van der Waals surface area contributed by atoms with Crippen molar-refractivity contribution in [3.8, 4) is 0 Å². The summed E-state index contributed by atoms with van der Waals surface area (Å²) >= 11 is 11.9. The van der Waals surface area contributed by atoms with Crippen molar-refractivity contribution < 1.29 is 5.11 Å². The van der Waals surface area contributed by atoms with E-state index in [4.69, 9.17) is 34.0 Å². The normalized spacial score (nSPS) is 12.6. The second-order valence-electron chi connectivity index (χ2n) is 3.09. The van der Waals surface area contributed by atoms with Crippen molar-refractivity contribution >= 4 is 34.6 Å². The first-order chi connectivity index (χ1) is 6.54. The Morgan fingerprint density at radius 2 is 1.93 bits per heavy atom. The average Bonchev–Trinajstić information content (AvgIpc) is 2.10. The number of hydrogen-bond donors (Lipinski definition) is 3. The number of halogens is 2. The van der Waals surface area contributed by atoms with Gasteiger partial charge in [0, 0.05) is 11.7 Å². The molecule has 0 bridgehead atoms. The zero-order chi connectivity index (χ0) is 10.7. The molecular formula is C9H12Cl2N2O. The number of benzene rings is 1. The highest BCUT2D eigenvalue weighted by Crippen LogP contribution is 2.33. The van der Waals surface area contributed by atoms with Crippen molar-refractivity contribution in [3.63, 3.8) is 0 Å². The Morgan fingerprint density at radius 3 is 2.36 bits per heavy atom. The smallest absolute Gasteiger partial charge is 0.0723 e. The van der Waals surface area contributed by atoms with Crippen molar-refractivity contribution in [2.24, 2.45) is 0 Å². The molecule has 0 saturated carbocycles. The maximum absolute atomic E-state index is 8.86. The van der Waals surface area contributed by atoms with Crippen LogP contribution < -0.4 is 11.1 Å². The van der Waals surface area contributed by atoms with Crippen LogP contribution in [0, 0.1) is 0 Å². The third-order valence-corrected chi connectivity index (χ3v) is 2.33. The molecule has 14 heavy (non-hydrogen) atoms. The van der Waals surface area contributed by atoms with Gasteiger partial charge in [0.15, 0.2) is 0 Å². The van der Waals surface area contributed by atoms with Crippen molar-refractivity contribution in [1.82, 2.24) is 0 Å². The Kier molecular flexibility index (Phi) is 3.86. The summed E-state index contributed by atoms with van der Waals surface area (Å²) in [7, 11) is 0. The first-order valence-electron chi connectivity index (χ1n) is 4.16. The molecule has 0 spiro atoms. The second kappa shape index (κ2) is 4.73.